The normalized spacial score (nSPS) is 16.8. The molecule has 0 saturated carbocycles. The number of esters is 1. The van der Waals surface area contributed by atoms with Gasteiger partial charge < -0.3 is 14.6 Å². The van der Waals surface area contributed by atoms with Crippen LogP contribution >= 0.6 is 0 Å². The molecule has 1 heterocycles. The van der Waals surface area contributed by atoms with Gasteiger partial charge in [0.2, 0.25) is 0 Å². The lowest BCUT2D eigenvalue weighted by Crippen LogP contribution is -2.29. The third-order valence-electron chi connectivity index (χ3n) is 5.79. The Kier molecular flexibility index (Phi) is 7.15. The first-order valence-corrected chi connectivity index (χ1v) is 11.3. The van der Waals surface area contributed by atoms with E-state index in [0.717, 1.165) is 12.1 Å². The quantitative estimate of drug-likeness (QED) is 0.217. The number of ketones is 1. The first-order chi connectivity index (χ1) is 17.4. The van der Waals surface area contributed by atoms with Crippen molar-refractivity contribution in [3.8, 4) is 5.75 Å². The summed E-state index contributed by atoms with van der Waals surface area (Å²) in [6.07, 6.45) is 0.682. The standard InChI is InChI=1S/C28H24FNO6/c1-3-15-36-28(34)18-9-12-20(13-10-18)30-24(17-7-5-4-6-8-17)23(26(32)27(30)33)25(31)21-16-19(29)11-14-22(21)35-2/h4-14,16,24,31H,3,15H2,1-2H3/b25-23+. The summed E-state index contributed by atoms with van der Waals surface area (Å²) in [6.45, 7) is 2.17. The molecule has 8 heteroatoms. The first kappa shape index (κ1) is 24.7. The molecule has 4 rings (SSSR count). The Morgan fingerprint density at radius 2 is 1.72 bits per heavy atom. The molecule has 7 nitrogen and oxygen atoms in total. The van der Waals surface area contributed by atoms with Crippen LogP contribution in [0.5, 0.6) is 5.75 Å². The van der Waals surface area contributed by atoms with Gasteiger partial charge in [0.15, 0.2) is 0 Å². The molecule has 3 aromatic carbocycles. The second kappa shape index (κ2) is 10.4. The van der Waals surface area contributed by atoms with Crippen LogP contribution in [0.3, 0.4) is 0 Å². The summed E-state index contributed by atoms with van der Waals surface area (Å²) < 4.78 is 24.4. The topological polar surface area (TPSA) is 93.1 Å². The molecule has 0 radical (unpaired) electrons. The van der Waals surface area contributed by atoms with E-state index in [1.807, 2.05) is 6.92 Å². The second-order valence-electron chi connectivity index (χ2n) is 8.11. The van der Waals surface area contributed by atoms with E-state index in [2.05, 4.69) is 0 Å². The largest absolute Gasteiger partial charge is 0.507 e. The van der Waals surface area contributed by atoms with Crippen molar-refractivity contribution in [2.75, 3.05) is 18.6 Å². The van der Waals surface area contributed by atoms with E-state index in [4.69, 9.17) is 9.47 Å². The molecule has 3 aromatic rings. The number of anilines is 1. The van der Waals surface area contributed by atoms with Gasteiger partial charge in [-0.2, -0.15) is 0 Å². The molecule has 184 valence electrons. The van der Waals surface area contributed by atoms with Gasteiger partial charge in [-0.25, -0.2) is 9.18 Å². The van der Waals surface area contributed by atoms with Gasteiger partial charge in [0.1, 0.15) is 17.3 Å². The van der Waals surface area contributed by atoms with Gasteiger partial charge in [-0.3, -0.25) is 14.5 Å². The molecule has 0 spiro atoms. The van der Waals surface area contributed by atoms with Gasteiger partial charge in [0.05, 0.1) is 36.5 Å². The maximum atomic E-state index is 14.1. The Balaban J connectivity index is 1.85. The number of hydrogen-bond donors (Lipinski definition) is 1. The average molecular weight is 489 g/mol. The number of rotatable bonds is 7. The molecule has 1 aliphatic rings. The van der Waals surface area contributed by atoms with Crippen molar-refractivity contribution in [2.24, 2.45) is 0 Å². The van der Waals surface area contributed by atoms with Crippen LogP contribution in [0.15, 0.2) is 78.4 Å². The van der Waals surface area contributed by atoms with Crippen LogP contribution in [-0.2, 0) is 14.3 Å². The number of carbonyl (C=O) groups is 3. The van der Waals surface area contributed by atoms with Gasteiger partial charge in [0, 0.05) is 5.69 Å². The highest BCUT2D eigenvalue weighted by Crippen LogP contribution is 2.43. The number of aliphatic hydroxyl groups is 1. The van der Waals surface area contributed by atoms with Crippen LogP contribution in [0.2, 0.25) is 0 Å². The number of nitrogens with zero attached hydrogens (tertiary/aromatic N) is 1. The molecule has 1 N–H and O–H groups in total. The lowest BCUT2D eigenvalue weighted by Gasteiger charge is -2.25. The van der Waals surface area contributed by atoms with Gasteiger partial charge in [-0.1, -0.05) is 37.3 Å². The molecule has 1 fully saturated rings. The summed E-state index contributed by atoms with van der Waals surface area (Å²) in [4.78, 5) is 39.9. The number of aliphatic hydroxyl groups excluding tert-OH is 1. The highest BCUT2D eigenvalue weighted by atomic mass is 19.1. The molecular formula is C28H24FNO6. The maximum absolute atomic E-state index is 14.1. The van der Waals surface area contributed by atoms with Crippen molar-refractivity contribution in [2.45, 2.75) is 19.4 Å². The number of hydrogen-bond acceptors (Lipinski definition) is 6. The number of carbonyl (C=O) groups excluding carboxylic acids is 3. The van der Waals surface area contributed by atoms with Crippen LogP contribution < -0.4 is 9.64 Å². The lowest BCUT2D eigenvalue weighted by molar-refractivity contribution is -0.132. The van der Waals surface area contributed by atoms with E-state index in [0.29, 0.717) is 23.2 Å². The zero-order valence-electron chi connectivity index (χ0n) is 19.7. The van der Waals surface area contributed by atoms with E-state index in [9.17, 15) is 23.9 Å². The number of Topliss-reactive ketones (excluding diaryl/α,β-unsaturated/α-hetero) is 1. The predicted octanol–water partition coefficient (Wildman–Crippen LogP) is 5.03. The molecule has 1 aliphatic heterocycles. The van der Waals surface area contributed by atoms with Crippen molar-refractivity contribution >= 4 is 29.1 Å². The monoisotopic (exact) mass is 489 g/mol. The number of methoxy groups -OCH3 is 1. The van der Waals surface area contributed by atoms with E-state index in [-0.39, 0.29) is 23.5 Å². The van der Waals surface area contributed by atoms with E-state index >= 15 is 0 Å². The van der Waals surface area contributed by atoms with Gasteiger partial charge in [-0.05, 0) is 54.4 Å². The van der Waals surface area contributed by atoms with Gasteiger partial charge >= 0.3 is 5.97 Å². The highest BCUT2D eigenvalue weighted by Gasteiger charge is 2.47. The van der Waals surface area contributed by atoms with Crippen molar-refractivity contribution in [1.82, 2.24) is 0 Å². The zero-order chi connectivity index (χ0) is 25.8. The summed E-state index contributed by atoms with van der Waals surface area (Å²) in [5.41, 5.74) is 0.930. The second-order valence-corrected chi connectivity index (χ2v) is 8.11. The van der Waals surface area contributed by atoms with Crippen LogP contribution in [0.1, 0.15) is 40.9 Å². The SMILES string of the molecule is CCCOC(=O)c1ccc(N2C(=O)C(=O)/C(=C(/O)c3cc(F)ccc3OC)C2c2ccccc2)cc1. The fourth-order valence-corrected chi connectivity index (χ4v) is 4.10. The minimum absolute atomic E-state index is 0.0505. The Morgan fingerprint density at radius 3 is 2.36 bits per heavy atom. The Labute approximate surface area is 207 Å². The fraction of sp³-hybridized carbons (Fsp3) is 0.179. The van der Waals surface area contributed by atoms with Crippen molar-refractivity contribution in [1.29, 1.82) is 0 Å². The number of benzene rings is 3. The third kappa shape index (κ3) is 4.57. The molecule has 36 heavy (non-hydrogen) atoms. The zero-order valence-corrected chi connectivity index (χ0v) is 19.7. The third-order valence-corrected chi connectivity index (χ3v) is 5.79. The molecule has 1 saturated heterocycles. The molecule has 0 bridgehead atoms. The van der Waals surface area contributed by atoms with Crippen molar-refractivity contribution < 1.29 is 33.4 Å². The number of halogens is 1. The summed E-state index contributed by atoms with van der Waals surface area (Å²) in [5, 5.41) is 11.2. The van der Waals surface area contributed by atoms with E-state index < -0.39 is 35.3 Å². The molecule has 1 unspecified atom stereocenters. The Bertz CT molecular complexity index is 1330. The fourth-order valence-electron chi connectivity index (χ4n) is 4.10. The first-order valence-electron chi connectivity index (χ1n) is 11.3. The molecule has 1 atom stereocenters. The molecular weight excluding hydrogens is 465 g/mol. The summed E-state index contributed by atoms with van der Waals surface area (Å²) >= 11 is 0. The van der Waals surface area contributed by atoms with Crippen molar-refractivity contribution in [3.63, 3.8) is 0 Å². The molecule has 0 aromatic heterocycles. The Hall–Kier alpha value is -4.46. The highest BCUT2D eigenvalue weighted by molar-refractivity contribution is 6.51. The minimum atomic E-state index is -1.00. The molecule has 1 amide bonds. The minimum Gasteiger partial charge on any atom is -0.507 e. The van der Waals surface area contributed by atoms with Gasteiger partial charge in [0.25, 0.3) is 11.7 Å². The Morgan fingerprint density at radius 1 is 1.03 bits per heavy atom. The average Bonchev–Trinajstić information content (AvgIpc) is 3.17. The van der Waals surface area contributed by atoms with Crippen molar-refractivity contribution in [3.05, 3.63) is 101 Å². The van der Waals surface area contributed by atoms with Gasteiger partial charge in [-0.15, -0.1) is 0 Å². The summed E-state index contributed by atoms with van der Waals surface area (Å²) in [6, 6.07) is 17.3. The maximum Gasteiger partial charge on any atom is 0.338 e. The lowest BCUT2D eigenvalue weighted by atomic mass is 9.95. The smallest absolute Gasteiger partial charge is 0.338 e. The predicted molar refractivity (Wildman–Crippen MR) is 131 cm³/mol. The van der Waals surface area contributed by atoms with Crippen LogP contribution in [0.4, 0.5) is 10.1 Å². The van der Waals surface area contributed by atoms with Crippen LogP contribution in [0.25, 0.3) is 5.76 Å². The summed E-state index contributed by atoms with van der Waals surface area (Å²) in [7, 11) is 1.35. The number of ether oxygens (including phenoxy) is 2. The molecule has 0 aliphatic carbocycles. The number of amides is 1. The van der Waals surface area contributed by atoms with Crippen LogP contribution in [-0.4, -0.2) is 36.5 Å². The van der Waals surface area contributed by atoms with E-state index in [1.54, 1.807) is 30.3 Å². The van der Waals surface area contributed by atoms with E-state index in [1.165, 1.54) is 42.3 Å². The van der Waals surface area contributed by atoms with Crippen LogP contribution in [0, 0.1) is 5.82 Å². The summed E-state index contributed by atoms with van der Waals surface area (Å²) in [5.74, 6) is -3.36.